The Bertz CT molecular complexity index is 2500. The molecule has 0 radical (unpaired) electrons. The number of fused-ring (bicyclic) bond motifs is 2. The van der Waals surface area contributed by atoms with Crippen LogP contribution in [-0.4, -0.2) is 101 Å². The van der Waals surface area contributed by atoms with Gasteiger partial charge in [-0.3, -0.25) is 29.3 Å². The van der Waals surface area contributed by atoms with E-state index in [0.717, 1.165) is 73.2 Å². The van der Waals surface area contributed by atoms with Gasteiger partial charge in [-0.25, -0.2) is 4.98 Å². The summed E-state index contributed by atoms with van der Waals surface area (Å²) in [5.41, 5.74) is 5.28. The van der Waals surface area contributed by atoms with Gasteiger partial charge in [0.1, 0.15) is 11.1 Å². The Morgan fingerprint density at radius 2 is 1.78 bits per heavy atom. The number of nitrogens with one attached hydrogen (secondary N) is 4. The summed E-state index contributed by atoms with van der Waals surface area (Å²) in [5.74, 6) is 0.180. The van der Waals surface area contributed by atoms with Gasteiger partial charge in [0.25, 0.3) is 17.4 Å². The minimum atomic E-state index is -0.552. The van der Waals surface area contributed by atoms with Gasteiger partial charge in [0.05, 0.1) is 23.9 Å². The Labute approximate surface area is 370 Å². The first kappa shape index (κ1) is 43.8. The van der Waals surface area contributed by atoms with E-state index in [-0.39, 0.29) is 54.0 Å². The highest BCUT2D eigenvalue weighted by Gasteiger charge is 2.39. The van der Waals surface area contributed by atoms with Crippen molar-refractivity contribution < 1.29 is 28.7 Å². The Kier molecular flexibility index (Phi) is 13.4. The number of benzene rings is 2. The summed E-state index contributed by atoms with van der Waals surface area (Å²) in [7, 11) is 1.52. The lowest BCUT2D eigenvalue weighted by Crippen LogP contribution is -2.52. The van der Waals surface area contributed by atoms with Crippen LogP contribution in [-0.2, 0) is 25.7 Å². The molecular formula is C46H54ClN9O7. The molecule has 5 aliphatic rings. The summed E-state index contributed by atoms with van der Waals surface area (Å²) >= 11 is 6.47. The topological polar surface area (TPSA) is 189 Å². The Hall–Kier alpha value is -5.84. The summed E-state index contributed by atoms with van der Waals surface area (Å²) in [4.78, 5) is 73.7. The molecule has 332 valence electrons. The molecule has 16 nitrogen and oxygen atoms in total. The minimum absolute atomic E-state index is 0.107. The van der Waals surface area contributed by atoms with Crippen molar-refractivity contribution in [3.05, 3.63) is 86.8 Å². The number of amides is 4. The predicted molar refractivity (Wildman–Crippen MR) is 240 cm³/mol. The lowest BCUT2D eigenvalue weighted by Gasteiger charge is -2.36. The Morgan fingerprint density at radius 3 is 2.48 bits per heavy atom. The van der Waals surface area contributed by atoms with Gasteiger partial charge < -0.3 is 39.8 Å². The molecule has 2 aromatic carbocycles. The van der Waals surface area contributed by atoms with E-state index in [1.807, 2.05) is 44.2 Å². The number of nitrogens with zero attached hydrogens (tertiary/aromatic N) is 5. The summed E-state index contributed by atoms with van der Waals surface area (Å²) in [5, 5.41) is 12.6. The highest BCUT2D eigenvalue weighted by Crippen LogP contribution is 2.33. The van der Waals surface area contributed by atoms with Crippen molar-refractivity contribution in [3.8, 4) is 5.75 Å². The summed E-state index contributed by atoms with van der Waals surface area (Å²) in [6.07, 6.45) is 11.8. The SMILES string of the molecule is CNC(=O)COc1cc2cc(Nc3nc(N4CCC(OC5CCC5)CC4)ncc3Cl)ccc2n(C(C)C)c1=O.O=C1CCC(N2Cc3cc(C4=CCNCC4)ccc3C2=O)C(=O)N1. The second kappa shape index (κ2) is 19.3. The lowest BCUT2D eigenvalue weighted by atomic mass is 9.95. The van der Waals surface area contributed by atoms with Crippen molar-refractivity contribution in [2.75, 3.05) is 50.1 Å². The number of aromatic nitrogens is 3. The standard InChI is InChI=1S/C28H35ClN6O4.C18H19N3O3/c1-17(2)35-23-8-7-19(13-18(23)14-24(27(35)37)38-16-25(36)30-3)32-26-22(29)15-31-28(33-26)34-11-9-21(10-12-34)39-20-5-4-6-20;22-16-4-3-15(17(23)20-16)21-10-13-9-12(1-2-14(13)18(21)24)11-5-7-19-8-6-11/h7-8,13-15,17,20-21H,4-6,9-12,16H2,1-3H3,(H,30,36)(H,31,32,33);1-2,5,9,15,19H,3-4,6-8,10H2,(H,20,22,23). The molecule has 1 saturated carbocycles. The number of pyridine rings is 1. The number of halogens is 1. The smallest absolute Gasteiger partial charge is 0.293 e. The molecule has 6 heterocycles. The van der Waals surface area contributed by atoms with Gasteiger partial charge in [0.15, 0.2) is 18.2 Å². The first-order chi connectivity index (χ1) is 30.4. The van der Waals surface area contributed by atoms with E-state index in [1.165, 1.54) is 31.9 Å². The molecule has 63 heavy (non-hydrogen) atoms. The molecule has 17 heteroatoms. The van der Waals surface area contributed by atoms with Crippen LogP contribution in [0.15, 0.2) is 59.5 Å². The Balaban J connectivity index is 0.000000193. The van der Waals surface area contributed by atoms with Gasteiger partial charge in [0, 0.05) is 62.3 Å². The number of anilines is 3. The van der Waals surface area contributed by atoms with Crippen molar-refractivity contribution in [2.24, 2.45) is 0 Å². The van der Waals surface area contributed by atoms with Gasteiger partial charge in [-0.15, -0.1) is 0 Å². The number of carbonyl (C=O) groups is 4. The van der Waals surface area contributed by atoms with Gasteiger partial charge in [-0.2, -0.15) is 4.98 Å². The van der Waals surface area contributed by atoms with E-state index < -0.39 is 6.04 Å². The molecule has 9 rings (SSSR count). The summed E-state index contributed by atoms with van der Waals surface area (Å²) in [6, 6.07) is 12.6. The number of hydrogen-bond donors (Lipinski definition) is 4. The van der Waals surface area contributed by atoms with Gasteiger partial charge in [-0.05, 0) is 118 Å². The highest BCUT2D eigenvalue weighted by molar-refractivity contribution is 6.33. The van der Waals surface area contributed by atoms with Crippen molar-refractivity contribution in [3.63, 3.8) is 0 Å². The Morgan fingerprint density at radius 1 is 0.984 bits per heavy atom. The lowest BCUT2D eigenvalue weighted by molar-refractivity contribution is -0.137. The number of likely N-dealkylation sites (N-methyl/N-ethyl adjacent to an activating group) is 1. The number of hydrogen-bond acceptors (Lipinski definition) is 12. The molecule has 2 aromatic heterocycles. The van der Waals surface area contributed by atoms with Crippen LogP contribution in [0.25, 0.3) is 16.5 Å². The monoisotopic (exact) mass is 879 g/mol. The van der Waals surface area contributed by atoms with Crippen LogP contribution in [0.1, 0.15) is 92.7 Å². The maximum Gasteiger partial charge on any atom is 0.293 e. The molecule has 0 bridgehead atoms. The average Bonchev–Trinajstić information content (AvgIpc) is 3.60. The van der Waals surface area contributed by atoms with E-state index in [4.69, 9.17) is 26.1 Å². The first-order valence-corrected chi connectivity index (χ1v) is 22.2. The molecule has 3 fully saturated rings. The molecular weight excluding hydrogens is 826 g/mol. The number of imide groups is 1. The van der Waals surface area contributed by atoms with Crippen LogP contribution < -0.4 is 36.5 Å². The van der Waals surface area contributed by atoms with E-state index in [1.54, 1.807) is 21.7 Å². The number of rotatable bonds is 11. The highest BCUT2D eigenvalue weighted by atomic mass is 35.5. The molecule has 2 saturated heterocycles. The zero-order valence-electron chi connectivity index (χ0n) is 35.9. The molecule has 1 aliphatic carbocycles. The zero-order valence-corrected chi connectivity index (χ0v) is 36.6. The molecule has 1 atom stereocenters. The van der Waals surface area contributed by atoms with Crippen LogP contribution in [0.5, 0.6) is 5.75 Å². The largest absolute Gasteiger partial charge is 0.478 e. The zero-order chi connectivity index (χ0) is 44.2. The maximum absolute atomic E-state index is 13.1. The maximum atomic E-state index is 13.1. The summed E-state index contributed by atoms with van der Waals surface area (Å²) in [6.45, 7) is 7.55. The van der Waals surface area contributed by atoms with Crippen LogP contribution in [0.3, 0.4) is 0 Å². The third kappa shape index (κ3) is 9.87. The molecule has 4 aromatic rings. The van der Waals surface area contributed by atoms with E-state index in [9.17, 15) is 24.0 Å². The number of carbonyl (C=O) groups excluding carboxylic acids is 4. The van der Waals surface area contributed by atoms with E-state index in [2.05, 4.69) is 43.3 Å². The normalized spacial score (nSPS) is 19.2. The van der Waals surface area contributed by atoms with Crippen molar-refractivity contribution in [1.82, 2.24) is 35.4 Å². The number of piperidine rings is 2. The van der Waals surface area contributed by atoms with Gasteiger partial charge >= 0.3 is 0 Å². The quantitative estimate of drug-likeness (QED) is 0.144. The number of ether oxygens (including phenoxy) is 2. The molecule has 4 N–H and O–H groups in total. The van der Waals surface area contributed by atoms with Gasteiger partial charge in [0.2, 0.25) is 17.8 Å². The fraction of sp³-hybridized carbons (Fsp3) is 0.457. The van der Waals surface area contributed by atoms with Crippen molar-refractivity contribution in [1.29, 1.82) is 0 Å². The fourth-order valence-corrected chi connectivity index (χ4v) is 8.73. The fourth-order valence-electron chi connectivity index (χ4n) is 8.59. The predicted octanol–water partition coefficient (Wildman–Crippen LogP) is 5.26. The van der Waals surface area contributed by atoms with Crippen molar-refractivity contribution in [2.45, 2.75) is 96.1 Å². The second-order valence-electron chi connectivity index (χ2n) is 16.8. The minimum Gasteiger partial charge on any atom is -0.478 e. The van der Waals surface area contributed by atoms with E-state index in [0.29, 0.717) is 47.5 Å². The molecule has 4 aliphatic heterocycles. The van der Waals surface area contributed by atoms with Crippen LogP contribution in [0.4, 0.5) is 17.5 Å². The summed E-state index contributed by atoms with van der Waals surface area (Å²) < 4.78 is 13.4. The first-order valence-electron chi connectivity index (χ1n) is 21.9. The average molecular weight is 880 g/mol. The van der Waals surface area contributed by atoms with Crippen LogP contribution in [0.2, 0.25) is 5.02 Å². The van der Waals surface area contributed by atoms with Crippen LogP contribution in [0, 0.1) is 0 Å². The molecule has 1 unspecified atom stereocenters. The van der Waals surface area contributed by atoms with E-state index >= 15 is 0 Å². The third-order valence-electron chi connectivity index (χ3n) is 12.3. The molecule has 0 spiro atoms. The van der Waals surface area contributed by atoms with Crippen LogP contribution >= 0.6 is 11.6 Å². The molecule has 4 amide bonds. The second-order valence-corrected chi connectivity index (χ2v) is 17.2. The third-order valence-corrected chi connectivity index (χ3v) is 12.5. The van der Waals surface area contributed by atoms with Gasteiger partial charge in [-0.1, -0.05) is 23.7 Å². The van der Waals surface area contributed by atoms with Crippen molar-refractivity contribution >= 4 is 69.2 Å².